The number of halogens is 1. The van der Waals surface area contributed by atoms with E-state index >= 15 is 0 Å². The van der Waals surface area contributed by atoms with Crippen molar-refractivity contribution in [3.63, 3.8) is 0 Å². The average molecular weight is 518 g/mol. The minimum absolute atomic E-state index is 0.159. The lowest BCUT2D eigenvalue weighted by atomic mass is 10.1. The Hall–Kier alpha value is -3.14. The molecule has 7 nitrogen and oxygen atoms in total. The van der Waals surface area contributed by atoms with Crippen molar-refractivity contribution >= 4 is 52.2 Å². The van der Waals surface area contributed by atoms with Gasteiger partial charge in [0.25, 0.3) is 11.8 Å². The molecule has 0 aliphatic carbocycles. The topological polar surface area (TPSA) is 84.9 Å². The Morgan fingerprint density at radius 2 is 1.87 bits per heavy atom. The van der Waals surface area contributed by atoms with E-state index in [2.05, 4.69) is 34.5 Å². The molecule has 1 saturated heterocycles. The number of anilines is 1. The molecule has 0 atom stereocenters. The number of imide groups is 2. The Bertz CT molecular complexity index is 1060. The Morgan fingerprint density at radius 1 is 1.17 bits per heavy atom. The van der Waals surface area contributed by atoms with Crippen molar-refractivity contribution in [3.05, 3.63) is 69.3 Å². The molecule has 2 aromatic rings. The summed E-state index contributed by atoms with van der Waals surface area (Å²) in [5, 5.41) is 2.22. The molecule has 0 saturated carbocycles. The number of barbiturate groups is 1. The van der Waals surface area contributed by atoms with Crippen molar-refractivity contribution in [3.8, 4) is 11.5 Å². The number of methoxy groups -OCH3 is 1. The van der Waals surface area contributed by atoms with Gasteiger partial charge < -0.3 is 9.47 Å². The van der Waals surface area contributed by atoms with Gasteiger partial charge in [-0.05, 0) is 65.4 Å². The number of urea groups is 1. The number of hydrogen-bond acceptors (Lipinski definition) is 5. The van der Waals surface area contributed by atoms with Gasteiger partial charge in [0.2, 0.25) is 0 Å². The van der Waals surface area contributed by atoms with Crippen LogP contribution in [0.1, 0.15) is 11.1 Å². The summed E-state index contributed by atoms with van der Waals surface area (Å²) < 4.78 is 11.7. The Kier molecular flexibility index (Phi) is 6.56. The highest BCUT2D eigenvalue weighted by atomic mass is 127. The summed E-state index contributed by atoms with van der Waals surface area (Å²) in [6, 6.07) is 9.49. The normalized spacial score (nSPS) is 15.2. The molecular formula is C22H19IN2O5. The third-order valence-electron chi connectivity index (χ3n) is 4.30. The summed E-state index contributed by atoms with van der Waals surface area (Å²) in [4.78, 5) is 38.6. The number of amides is 4. The van der Waals surface area contributed by atoms with Crippen molar-refractivity contribution in [1.82, 2.24) is 5.32 Å². The van der Waals surface area contributed by atoms with Gasteiger partial charge in [0.1, 0.15) is 12.2 Å². The van der Waals surface area contributed by atoms with Gasteiger partial charge in [0.05, 0.1) is 16.4 Å². The van der Waals surface area contributed by atoms with Crippen molar-refractivity contribution < 1.29 is 23.9 Å². The maximum absolute atomic E-state index is 13.0. The number of nitrogens with zero attached hydrogens (tertiary/aromatic N) is 1. The molecule has 1 aliphatic rings. The Morgan fingerprint density at radius 3 is 2.50 bits per heavy atom. The molecule has 4 amide bonds. The molecule has 2 aromatic carbocycles. The Labute approximate surface area is 187 Å². The first-order chi connectivity index (χ1) is 14.3. The highest BCUT2D eigenvalue weighted by Gasteiger charge is 2.36. The fraction of sp³-hybridized carbons (Fsp3) is 0.136. The molecule has 0 unspecified atom stereocenters. The molecule has 0 spiro atoms. The standard InChI is InChI=1S/C22H19IN2O5/c1-4-9-30-19-17(23)11-14(12-18(19)29-3)10-16-20(26)24-22(28)25(21(16)27)15-7-5-13(2)6-8-15/h4-8,10-12H,1,9H2,2-3H3,(H,24,26,28). The highest BCUT2D eigenvalue weighted by Crippen LogP contribution is 2.35. The summed E-state index contributed by atoms with van der Waals surface area (Å²) in [6.45, 7) is 5.83. The van der Waals surface area contributed by atoms with Gasteiger partial charge in [0, 0.05) is 0 Å². The smallest absolute Gasteiger partial charge is 0.335 e. The zero-order valence-electron chi connectivity index (χ0n) is 16.4. The van der Waals surface area contributed by atoms with Gasteiger partial charge in [0.15, 0.2) is 11.5 Å². The molecule has 1 heterocycles. The van der Waals surface area contributed by atoms with Gasteiger partial charge in [-0.1, -0.05) is 30.4 Å². The molecule has 1 fully saturated rings. The lowest BCUT2D eigenvalue weighted by Crippen LogP contribution is -2.54. The first-order valence-electron chi connectivity index (χ1n) is 8.95. The van der Waals surface area contributed by atoms with Crippen LogP contribution in [0.4, 0.5) is 10.5 Å². The van der Waals surface area contributed by atoms with Gasteiger partial charge in [-0.25, -0.2) is 9.69 Å². The zero-order valence-corrected chi connectivity index (χ0v) is 18.6. The van der Waals surface area contributed by atoms with Gasteiger partial charge in [-0.2, -0.15) is 0 Å². The van der Waals surface area contributed by atoms with E-state index in [4.69, 9.17) is 9.47 Å². The number of aryl methyl sites for hydroxylation is 1. The summed E-state index contributed by atoms with van der Waals surface area (Å²) >= 11 is 2.08. The van der Waals surface area contributed by atoms with Crippen LogP contribution in [0.5, 0.6) is 11.5 Å². The quantitative estimate of drug-likeness (QED) is 0.272. The molecule has 154 valence electrons. The molecule has 0 aromatic heterocycles. The fourth-order valence-electron chi connectivity index (χ4n) is 2.86. The van der Waals surface area contributed by atoms with Crippen LogP contribution in [0, 0.1) is 10.5 Å². The van der Waals surface area contributed by atoms with Crippen LogP contribution in [0.15, 0.2) is 54.6 Å². The van der Waals surface area contributed by atoms with Crippen LogP contribution >= 0.6 is 22.6 Å². The van der Waals surface area contributed by atoms with E-state index in [-0.39, 0.29) is 5.57 Å². The zero-order chi connectivity index (χ0) is 21.8. The molecular weight excluding hydrogens is 499 g/mol. The maximum Gasteiger partial charge on any atom is 0.335 e. The molecule has 0 bridgehead atoms. The number of rotatable bonds is 6. The Balaban J connectivity index is 2.01. The van der Waals surface area contributed by atoms with Gasteiger partial charge in [-0.3, -0.25) is 14.9 Å². The van der Waals surface area contributed by atoms with E-state index < -0.39 is 17.8 Å². The number of benzene rings is 2. The molecule has 3 rings (SSSR count). The summed E-state index contributed by atoms with van der Waals surface area (Å²) in [5.74, 6) is -0.468. The van der Waals surface area contributed by atoms with Crippen molar-refractivity contribution in [2.75, 3.05) is 18.6 Å². The average Bonchev–Trinajstić information content (AvgIpc) is 2.71. The summed E-state index contributed by atoms with van der Waals surface area (Å²) in [5.41, 5.74) is 1.75. The van der Waals surface area contributed by atoms with E-state index in [0.29, 0.717) is 29.4 Å². The van der Waals surface area contributed by atoms with Crippen LogP contribution in [0.25, 0.3) is 6.08 Å². The SMILES string of the molecule is C=CCOc1c(I)cc(C=C2C(=O)NC(=O)N(c3ccc(C)cc3)C2=O)cc1OC. The van der Waals surface area contributed by atoms with E-state index in [9.17, 15) is 14.4 Å². The molecule has 0 radical (unpaired) electrons. The maximum atomic E-state index is 13.0. The minimum atomic E-state index is -0.786. The number of ether oxygens (including phenoxy) is 2. The third kappa shape index (κ3) is 4.38. The lowest BCUT2D eigenvalue weighted by Gasteiger charge is -2.26. The molecule has 30 heavy (non-hydrogen) atoms. The predicted octanol–water partition coefficient (Wildman–Crippen LogP) is 3.84. The van der Waals surface area contributed by atoms with Gasteiger partial charge >= 0.3 is 6.03 Å². The van der Waals surface area contributed by atoms with Crippen LogP contribution in [0.3, 0.4) is 0 Å². The van der Waals surface area contributed by atoms with E-state index in [1.165, 1.54) is 13.2 Å². The van der Waals surface area contributed by atoms with Crippen LogP contribution in [0.2, 0.25) is 0 Å². The number of carbonyl (C=O) groups is 3. The summed E-state index contributed by atoms with van der Waals surface area (Å²) in [6.07, 6.45) is 3.04. The number of nitrogens with one attached hydrogen (secondary N) is 1. The fourth-order valence-corrected chi connectivity index (χ4v) is 3.64. The predicted molar refractivity (Wildman–Crippen MR) is 122 cm³/mol. The van der Waals surface area contributed by atoms with E-state index in [0.717, 1.165) is 14.0 Å². The lowest BCUT2D eigenvalue weighted by molar-refractivity contribution is -0.122. The molecule has 1 aliphatic heterocycles. The third-order valence-corrected chi connectivity index (χ3v) is 5.10. The number of hydrogen-bond donors (Lipinski definition) is 1. The second-order valence-corrected chi connectivity index (χ2v) is 7.59. The second-order valence-electron chi connectivity index (χ2n) is 6.43. The van der Waals surface area contributed by atoms with Crippen LogP contribution in [-0.2, 0) is 9.59 Å². The van der Waals surface area contributed by atoms with Gasteiger partial charge in [-0.15, -0.1) is 0 Å². The minimum Gasteiger partial charge on any atom is -0.493 e. The second kappa shape index (κ2) is 9.12. The van der Waals surface area contributed by atoms with Crippen molar-refractivity contribution in [2.45, 2.75) is 6.92 Å². The highest BCUT2D eigenvalue weighted by molar-refractivity contribution is 14.1. The largest absolute Gasteiger partial charge is 0.493 e. The monoisotopic (exact) mass is 518 g/mol. The number of carbonyl (C=O) groups excluding carboxylic acids is 3. The summed E-state index contributed by atoms with van der Waals surface area (Å²) in [7, 11) is 1.50. The van der Waals surface area contributed by atoms with Crippen LogP contribution < -0.4 is 19.7 Å². The van der Waals surface area contributed by atoms with Crippen molar-refractivity contribution in [1.29, 1.82) is 0 Å². The van der Waals surface area contributed by atoms with E-state index in [1.54, 1.807) is 42.5 Å². The first kappa shape index (κ1) is 21.6. The molecule has 8 heteroatoms. The molecule has 1 N–H and O–H groups in total. The first-order valence-corrected chi connectivity index (χ1v) is 10.0. The van der Waals surface area contributed by atoms with E-state index in [1.807, 2.05) is 6.92 Å². The van der Waals surface area contributed by atoms with Crippen LogP contribution in [-0.4, -0.2) is 31.6 Å². The van der Waals surface area contributed by atoms with Crippen molar-refractivity contribution in [2.24, 2.45) is 0 Å².